The molecular weight excluding hydrogens is 668 g/mol. The van der Waals surface area contributed by atoms with Gasteiger partial charge in [-0.3, -0.25) is 9.48 Å². The number of aromatic nitrogens is 3. The maximum absolute atomic E-state index is 13.5. The van der Waals surface area contributed by atoms with E-state index in [1.807, 2.05) is 24.3 Å². The molecule has 0 radical (unpaired) electrons. The predicted octanol–water partition coefficient (Wildman–Crippen LogP) is 6.60. The first-order valence-electron chi connectivity index (χ1n) is 11.0. The molecule has 12 heteroatoms. The van der Waals surface area contributed by atoms with Crippen LogP contribution in [-0.4, -0.2) is 33.2 Å². The van der Waals surface area contributed by atoms with E-state index in [1.165, 1.54) is 22.9 Å². The monoisotopic (exact) mass is 686 g/mol. The summed E-state index contributed by atoms with van der Waals surface area (Å²) in [5.41, 5.74) is -0.254. The zero-order valence-electron chi connectivity index (χ0n) is 19.5. The summed E-state index contributed by atoms with van der Waals surface area (Å²) in [6.45, 7) is 3.52. The molecule has 192 valence electrons. The number of carbonyl (C=O) groups is 2. The third-order valence-corrected chi connectivity index (χ3v) is 6.60. The summed E-state index contributed by atoms with van der Waals surface area (Å²) in [5.74, 6) is -1.57. The van der Waals surface area contributed by atoms with Crippen LogP contribution in [0.3, 0.4) is 0 Å². The maximum Gasteiger partial charge on any atom is 0.433 e. The second-order valence-electron chi connectivity index (χ2n) is 7.98. The third-order valence-electron chi connectivity index (χ3n) is 5.39. The summed E-state index contributed by atoms with van der Waals surface area (Å²) in [4.78, 5) is 30.0. The number of hydrogen-bond acceptors (Lipinski definition) is 5. The van der Waals surface area contributed by atoms with Crippen LogP contribution in [0.1, 0.15) is 44.7 Å². The topological polar surface area (TPSA) is 86.1 Å². The molecule has 37 heavy (non-hydrogen) atoms. The highest BCUT2D eigenvalue weighted by atomic mass is 127. The molecule has 2 aromatic heterocycles. The van der Waals surface area contributed by atoms with E-state index in [0.29, 0.717) is 16.2 Å². The van der Waals surface area contributed by atoms with Gasteiger partial charge in [-0.2, -0.15) is 18.3 Å². The maximum atomic E-state index is 13.5. The van der Waals surface area contributed by atoms with E-state index < -0.39 is 23.7 Å². The van der Waals surface area contributed by atoms with Crippen molar-refractivity contribution in [2.45, 2.75) is 26.6 Å². The van der Waals surface area contributed by atoms with Gasteiger partial charge < -0.3 is 10.1 Å². The second-order valence-corrected chi connectivity index (χ2v) is 10.1. The summed E-state index contributed by atoms with van der Waals surface area (Å²) in [6.07, 6.45) is -4.76. The van der Waals surface area contributed by atoms with Gasteiger partial charge in [-0.25, -0.2) is 9.78 Å². The zero-order chi connectivity index (χ0) is 26.9. The van der Waals surface area contributed by atoms with Crippen LogP contribution in [-0.2, 0) is 17.5 Å². The highest BCUT2D eigenvalue weighted by Crippen LogP contribution is 2.33. The van der Waals surface area contributed by atoms with Crippen molar-refractivity contribution in [3.8, 4) is 0 Å². The zero-order valence-corrected chi connectivity index (χ0v) is 23.2. The molecule has 0 aliphatic carbocycles. The number of amides is 1. The average molecular weight is 687 g/mol. The number of anilines is 1. The van der Waals surface area contributed by atoms with Crippen molar-refractivity contribution in [3.05, 3.63) is 84.8 Å². The van der Waals surface area contributed by atoms with Crippen LogP contribution in [0.5, 0.6) is 0 Å². The average Bonchev–Trinajstić information content (AvgIpc) is 3.13. The molecule has 0 aliphatic heterocycles. The van der Waals surface area contributed by atoms with E-state index in [4.69, 9.17) is 4.74 Å². The summed E-state index contributed by atoms with van der Waals surface area (Å²) in [6, 6.07) is 12.7. The van der Waals surface area contributed by atoms with Gasteiger partial charge in [-0.05, 0) is 78.4 Å². The Morgan fingerprint density at radius 3 is 2.49 bits per heavy atom. The Morgan fingerprint density at radius 2 is 1.84 bits per heavy atom. The first kappa shape index (κ1) is 27.0. The van der Waals surface area contributed by atoms with E-state index in [-0.39, 0.29) is 41.0 Å². The Hall–Kier alpha value is -3.00. The molecular formula is C25H19BrF3IN4O3. The Kier molecular flexibility index (Phi) is 7.88. The Labute approximate surface area is 231 Å². The highest BCUT2D eigenvalue weighted by Gasteiger charge is 2.34. The number of pyridine rings is 1. The molecule has 7 nitrogen and oxygen atoms in total. The fraction of sp³-hybridized carbons (Fsp3) is 0.200. The van der Waals surface area contributed by atoms with Crippen molar-refractivity contribution in [1.29, 1.82) is 0 Å². The fourth-order valence-electron chi connectivity index (χ4n) is 3.73. The predicted molar refractivity (Wildman–Crippen MR) is 144 cm³/mol. The van der Waals surface area contributed by atoms with Crippen molar-refractivity contribution < 1.29 is 27.5 Å². The molecule has 0 spiro atoms. The summed E-state index contributed by atoms with van der Waals surface area (Å²) >= 11 is 5.46. The SMILES string of the molecule is CCOC(=O)c1c(NC(=O)c2cc(C(F)(F)F)nc3ccc(Br)cc23)c(C)nn1Cc1ccc(I)cc1. The number of nitrogens with zero attached hydrogens (tertiary/aromatic N) is 3. The second kappa shape index (κ2) is 10.8. The number of ether oxygens (including phenoxy) is 1. The van der Waals surface area contributed by atoms with Crippen molar-refractivity contribution in [3.63, 3.8) is 0 Å². The van der Waals surface area contributed by atoms with E-state index in [9.17, 15) is 22.8 Å². The summed E-state index contributed by atoms with van der Waals surface area (Å²) in [5, 5.41) is 7.23. The molecule has 1 N–H and O–H groups in total. The molecule has 4 rings (SSSR count). The van der Waals surface area contributed by atoms with Crippen molar-refractivity contribution >= 4 is 67.0 Å². The van der Waals surface area contributed by atoms with Crippen molar-refractivity contribution in [1.82, 2.24) is 14.8 Å². The smallest absolute Gasteiger partial charge is 0.433 e. The van der Waals surface area contributed by atoms with Crippen LogP contribution in [0.25, 0.3) is 10.9 Å². The molecule has 0 aliphatic rings. The van der Waals surface area contributed by atoms with Crippen molar-refractivity contribution in [2.75, 3.05) is 11.9 Å². The van der Waals surface area contributed by atoms with Crippen LogP contribution >= 0.6 is 38.5 Å². The molecule has 0 bridgehead atoms. The van der Waals surface area contributed by atoms with Gasteiger partial charge in [-0.15, -0.1) is 0 Å². The lowest BCUT2D eigenvalue weighted by Crippen LogP contribution is -2.20. The molecule has 2 aromatic carbocycles. The largest absolute Gasteiger partial charge is 0.461 e. The van der Waals surface area contributed by atoms with Crippen molar-refractivity contribution in [2.24, 2.45) is 0 Å². The fourth-order valence-corrected chi connectivity index (χ4v) is 4.45. The summed E-state index contributed by atoms with van der Waals surface area (Å²) < 4.78 is 48.8. The molecule has 0 saturated carbocycles. The quantitative estimate of drug-likeness (QED) is 0.183. The van der Waals surface area contributed by atoms with E-state index in [0.717, 1.165) is 9.13 Å². The van der Waals surface area contributed by atoms with Gasteiger partial charge in [0.2, 0.25) is 0 Å². The van der Waals surface area contributed by atoms with Gasteiger partial charge in [-0.1, -0.05) is 28.1 Å². The number of fused-ring (bicyclic) bond motifs is 1. The number of nitrogens with one attached hydrogen (secondary N) is 1. The van der Waals surface area contributed by atoms with Crippen LogP contribution in [0.15, 0.2) is 53.0 Å². The molecule has 2 heterocycles. The molecule has 0 unspecified atom stereocenters. The molecule has 0 saturated heterocycles. The van der Waals surface area contributed by atoms with E-state index in [1.54, 1.807) is 13.8 Å². The minimum atomic E-state index is -4.76. The van der Waals surface area contributed by atoms with Crippen LogP contribution in [0.2, 0.25) is 0 Å². The number of hydrogen-bond donors (Lipinski definition) is 1. The minimum Gasteiger partial charge on any atom is -0.461 e. The van der Waals surface area contributed by atoms with Crippen LogP contribution < -0.4 is 5.32 Å². The van der Waals surface area contributed by atoms with Crippen LogP contribution in [0.4, 0.5) is 18.9 Å². The number of carbonyl (C=O) groups excluding carboxylic acids is 2. The van der Waals surface area contributed by atoms with Gasteiger partial charge in [0.05, 0.1) is 35.6 Å². The molecule has 4 aromatic rings. The molecule has 0 fully saturated rings. The lowest BCUT2D eigenvalue weighted by atomic mass is 10.1. The number of rotatable bonds is 6. The normalized spacial score (nSPS) is 11.5. The minimum absolute atomic E-state index is 0.0000758. The highest BCUT2D eigenvalue weighted by molar-refractivity contribution is 14.1. The molecule has 0 atom stereocenters. The third kappa shape index (κ3) is 5.95. The number of halogens is 5. The Bertz CT molecular complexity index is 1500. The van der Waals surface area contributed by atoms with Gasteiger partial charge in [0.1, 0.15) is 5.69 Å². The van der Waals surface area contributed by atoms with Gasteiger partial charge in [0.15, 0.2) is 5.69 Å². The Balaban J connectivity index is 1.80. The van der Waals surface area contributed by atoms with Gasteiger partial charge in [0.25, 0.3) is 5.91 Å². The molecule has 1 amide bonds. The number of aryl methyl sites for hydroxylation is 1. The Morgan fingerprint density at radius 1 is 1.14 bits per heavy atom. The standard InChI is InChI=1S/C25H19BrF3IN4O3/c1-3-37-24(36)22-21(13(2)33-34(22)12-14-4-7-16(30)8-5-14)32-23(35)18-11-20(25(27,28)29)31-19-9-6-15(26)10-17(18)19/h4-11H,3,12H2,1-2H3,(H,32,35). The van der Waals surface area contributed by atoms with Gasteiger partial charge in [0, 0.05) is 13.4 Å². The lowest BCUT2D eigenvalue weighted by Gasteiger charge is -2.13. The number of alkyl halides is 3. The van der Waals surface area contributed by atoms with Gasteiger partial charge >= 0.3 is 12.1 Å². The van der Waals surface area contributed by atoms with E-state index >= 15 is 0 Å². The first-order chi connectivity index (χ1) is 17.5. The number of esters is 1. The first-order valence-corrected chi connectivity index (χ1v) is 12.8. The number of benzene rings is 2. The lowest BCUT2D eigenvalue weighted by molar-refractivity contribution is -0.141. The summed E-state index contributed by atoms with van der Waals surface area (Å²) in [7, 11) is 0. The van der Waals surface area contributed by atoms with Crippen LogP contribution in [0, 0.1) is 10.5 Å². The van der Waals surface area contributed by atoms with E-state index in [2.05, 4.69) is 53.9 Å².